The number of furan rings is 2. The van der Waals surface area contributed by atoms with Crippen LogP contribution in [0.25, 0.3) is 6.08 Å². The average molecular weight is 313 g/mol. The largest absolute Gasteiger partial charge is 0.472 e. The van der Waals surface area contributed by atoms with Crippen LogP contribution in [0, 0.1) is 0 Å². The highest BCUT2D eigenvalue weighted by Crippen LogP contribution is 2.15. The minimum absolute atomic E-state index is 0.0639. The number of amides is 1. The van der Waals surface area contributed by atoms with Gasteiger partial charge in [0.25, 0.3) is 0 Å². The topological polar surface area (TPSA) is 46.6 Å². The lowest BCUT2D eigenvalue weighted by molar-refractivity contribution is -0.127. The molecule has 0 saturated heterocycles. The van der Waals surface area contributed by atoms with Gasteiger partial charge in [0, 0.05) is 23.1 Å². The number of hydrogen-bond donors (Lipinski definition) is 0. The van der Waals surface area contributed by atoms with Crippen molar-refractivity contribution in [3.63, 3.8) is 0 Å². The standard InChI is InChI=1S/C17H15NO3S/c19-17(6-5-15-3-1-8-21-15)18(11-14-7-9-20-13-14)12-16-4-2-10-22-16/h1-10,13H,11-12H2. The number of thiophene rings is 1. The highest BCUT2D eigenvalue weighted by Gasteiger charge is 2.13. The average Bonchev–Trinajstić information content (AvgIpc) is 3.27. The predicted molar refractivity (Wildman–Crippen MR) is 85.0 cm³/mol. The van der Waals surface area contributed by atoms with E-state index in [-0.39, 0.29) is 5.91 Å². The Hall–Kier alpha value is -2.53. The number of nitrogens with zero attached hydrogens (tertiary/aromatic N) is 1. The van der Waals surface area contributed by atoms with Gasteiger partial charge in [0.1, 0.15) is 5.76 Å². The number of carbonyl (C=O) groups excluding carboxylic acids is 1. The Kier molecular flexibility index (Phi) is 4.56. The summed E-state index contributed by atoms with van der Waals surface area (Å²) in [5.74, 6) is 0.596. The minimum atomic E-state index is -0.0639. The van der Waals surface area contributed by atoms with Gasteiger partial charge in [-0.25, -0.2) is 0 Å². The van der Waals surface area contributed by atoms with E-state index in [9.17, 15) is 4.79 Å². The lowest BCUT2D eigenvalue weighted by Gasteiger charge is -2.19. The van der Waals surface area contributed by atoms with E-state index in [1.54, 1.807) is 47.2 Å². The molecule has 22 heavy (non-hydrogen) atoms. The molecule has 0 aliphatic rings. The summed E-state index contributed by atoms with van der Waals surface area (Å²) in [6.45, 7) is 1.08. The van der Waals surface area contributed by atoms with Crippen LogP contribution in [-0.4, -0.2) is 10.8 Å². The van der Waals surface area contributed by atoms with E-state index >= 15 is 0 Å². The van der Waals surface area contributed by atoms with Crippen LogP contribution in [-0.2, 0) is 17.9 Å². The van der Waals surface area contributed by atoms with Crippen LogP contribution in [0.1, 0.15) is 16.2 Å². The van der Waals surface area contributed by atoms with Crippen LogP contribution < -0.4 is 0 Å². The fourth-order valence-corrected chi connectivity index (χ4v) is 2.77. The van der Waals surface area contributed by atoms with Gasteiger partial charge in [-0.1, -0.05) is 6.07 Å². The van der Waals surface area contributed by atoms with Gasteiger partial charge in [0.15, 0.2) is 0 Å². The molecule has 3 aromatic heterocycles. The van der Waals surface area contributed by atoms with Gasteiger partial charge in [-0.15, -0.1) is 11.3 Å². The lowest BCUT2D eigenvalue weighted by Crippen LogP contribution is -2.27. The first-order valence-corrected chi connectivity index (χ1v) is 7.73. The first-order chi connectivity index (χ1) is 10.8. The van der Waals surface area contributed by atoms with E-state index in [1.165, 1.54) is 6.08 Å². The van der Waals surface area contributed by atoms with Gasteiger partial charge in [0.2, 0.25) is 5.91 Å². The summed E-state index contributed by atoms with van der Waals surface area (Å²) in [7, 11) is 0. The Morgan fingerprint density at radius 3 is 2.82 bits per heavy atom. The molecule has 3 aromatic rings. The maximum absolute atomic E-state index is 12.5. The summed E-state index contributed by atoms with van der Waals surface area (Å²) < 4.78 is 10.3. The summed E-state index contributed by atoms with van der Waals surface area (Å²) in [5, 5.41) is 2.01. The predicted octanol–water partition coefficient (Wildman–Crippen LogP) is 4.18. The molecule has 0 atom stereocenters. The zero-order valence-electron chi connectivity index (χ0n) is 11.8. The molecule has 0 aromatic carbocycles. The molecule has 0 saturated carbocycles. The SMILES string of the molecule is O=C(C=Cc1ccco1)N(Cc1ccoc1)Cc1cccs1. The van der Waals surface area contributed by atoms with Gasteiger partial charge < -0.3 is 13.7 Å². The van der Waals surface area contributed by atoms with Gasteiger partial charge in [-0.05, 0) is 35.7 Å². The molecule has 4 nitrogen and oxygen atoms in total. The van der Waals surface area contributed by atoms with E-state index in [4.69, 9.17) is 8.83 Å². The van der Waals surface area contributed by atoms with Gasteiger partial charge in [-0.3, -0.25) is 4.79 Å². The molecule has 0 aliphatic heterocycles. The fourth-order valence-electron chi connectivity index (χ4n) is 2.05. The molecule has 1 amide bonds. The second kappa shape index (κ2) is 6.95. The van der Waals surface area contributed by atoms with Crippen LogP contribution in [0.5, 0.6) is 0 Å². The number of rotatable bonds is 6. The summed E-state index contributed by atoms with van der Waals surface area (Å²) >= 11 is 1.64. The summed E-state index contributed by atoms with van der Waals surface area (Å²) in [6.07, 6.45) is 8.07. The van der Waals surface area contributed by atoms with Crippen LogP contribution in [0.3, 0.4) is 0 Å². The van der Waals surface area contributed by atoms with E-state index in [0.717, 1.165) is 10.4 Å². The summed E-state index contributed by atoms with van der Waals surface area (Å²) in [4.78, 5) is 15.4. The lowest BCUT2D eigenvalue weighted by atomic mass is 10.2. The van der Waals surface area contributed by atoms with Crippen molar-refractivity contribution in [2.24, 2.45) is 0 Å². The Balaban J connectivity index is 1.73. The maximum Gasteiger partial charge on any atom is 0.247 e. The normalized spacial score (nSPS) is 11.1. The van der Waals surface area contributed by atoms with Crippen molar-refractivity contribution in [2.45, 2.75) is 13.1 Å². The Bertz CT molecular complexity index is 676. The monoisotopic (exact) mass is 313 g/mol. The van der Waals surface area contributed by atoms with E-state index in [2.05, 4.69) is 0 Å². The van der Waals surface area contributed by atoms with Crippen molar-refractivity contribution in [1.82, 2.24) is 4.90 Å². The Morgan fingerprint density at radius 2 is 2.14 bits per heavy atom. The van der Waals surface area contributed by atoms with E-state index in [1.807, 2.05) is 29.6 Å². The fraction of sp³-hybridized carbons (Fsp3) is 0.118. The molecular formula is C17H15NO3S. The molecule has 0 radical (unpaired) electrons. The molecule has 0 unspecified atom stereocenters. The molecule has 5 heteroatoms. The quantitative estimate of drug-likeness (QED) is 0.641. The van der Waals surface area contributed by atoms with Gasteiger partial charge in [0.05, 0.1) is 25.3 Å². The first kappa shape index (κ1) is 14.4. The van der Waals surface area contributed by atoms with Gasteiger partial charge >= 0.3 is 0 Å². The molecule has 0 bridgehead atoms. The minimum Gasteiger partial charge on any atom is -0.472 e. The van der Waals surface area contributed by atoms with E-state index in [0.29, 0.717) is 18.8 Å². The van der Waals surface area contributed by atoms with Crippen molar-refractivity contribution < 1.29 is 13.6 Å². The van der Waals surface area contributed by atoms with Crippen LogP contribution >= 0.6 is 11.3 Å². The Labute approximate surface area is 132 Å². The second-order valence-electron chi connectivity index (χ2n) is 4.75. The zero-order chi connectivity index (χ0) is 15.2. The summed E-state index contributed by atoms with van der Waals surface area (Å²) in [6, 6.07) is 9.48. The third kappa shape index (κ3) is 3.77. The highest BCUT2D eigenvalue weighted by atomic mass is 32.1. The zero-order valence-corrected chi connectivity index (χ0v) is 12.7. The molecule has 3 rings (SSSR count). The number of carbonyl (C=O) groups is 1. The highest BCUT2D eigenvalue weighted by molar-refractivity contribution is 7.09. The first-order valence-electron chi connectivity index (χ1n) is 6.85. The molecule has 112 valence electrons. The van der Waals surface area contributed by atoms with Crippen LogP contribution in [0.4, 0.5) is 0 Å². The van der Waals surface area contributed by atoms with Gasteiger partial charge in [-0.2, -0.15) is 0 Å². The van der Waals surface area contributed by atoms with Crippen molar-refractivity contribution in [3.05, 3.63) is 76.8 Å². The van der Waals surface area contributed by atoms with E-state index < -0.39 is 0 Å². The second-order valence-corrected chi connectivity index (χ2v) is 5.79. The van der Waals surface area contributed by atoms with Crippen molar-refractivity contribution >= 4 is 23.3 Å². The smallest absolute Gasteiger partial charge is 0.247 e. The molecule has 0 N–H and O–H groups in total. The van der Waals surface area contributed by atoms with Crippen LogP contribution in [0.15, 0.2) is 69.4 Å². The maximum atomic E-state index is 12.5. The van der Waals surface area contributed by atoms with Crippen molar-refractivity contribution in [1.29, 1.82) is 0 Å². The number of hydrogen-bond acceptors (Lipinski definition) is 4. The van der Waals surface area contributed by atoms with Crippen molar-refractivity contribution in [2.75, 3.05) is 0 Å². The molecule has 0 aliphatic carbocycles. The van der Waals surface area contributed by atoms with Crippen LogP contribution in [0.2, 0.25) is 0 Å². The molecule has 3 heterocycles. The molecular weight excluding hydrogens is 298 g/mol. The third-order valence-corrected chi connectivity index (χ3v) is 3.99. The molecule has 0 spiro atoms. The summed E-state index contributed by atoms with van der Waals surface area (Å²) in [5.41, 5.74) is 0.969. The molecule has 0 fully saturated rings. The van der Waals surface area contributed by atoms with Crippen molar-refractivity contribution in [3.8, 4) is 0 Å². The Morgan fingerprint density at radius 1 is 1.18 bits per heavy atom. The third-order valence-electron chi connectivity index (χ3n) is 3.13.